The Morgan fingerprint density at radius 3 is 2.48 bits per heavy atom. The zero-order valence-electron chi connectivity index (χ0n) is 11.9. The summed E-state index contributed by atoms with van der Waals surface area (Å²) in [6.45, 7) is 1.84. The molecule has 0 aromatic heterocycles. The van der Waals surface area contributed by atoms with Crippen molar-refractivity contribution in [3.8, 4) is 0 Å². The monoisotopic (exact) mass is 352 g/mol. The highest BCUT2D eigenvalue weighted by atomic mass is 35.5. The normalized spacial score (nSPS) is 21.6. The molecule has 2 rings (SSSR count). The highest BCUT2D eigenvalue weighted by Gasteiger charge is 2.43. The summed E-state index contributed by atoms with van der Waals surface area (Å²) in [6, 6.07) is 4.64. The summed E-state index contributed by atoms with van der Waals surface area (Å²) >= 11 is 12.4. The van der Waals surface area contributed by atoms with E-state index in [1.54, 1.807) is 6.07 Å². The first-order valence-electron chi connectivity index (χ1n) is 6.89. The Kier molecular flexibility index (Phi) is 5.22. The third kappa shape index (κ3) is 3.72. The number of benzene rings is 1. The molecule has 0 spiro atoms. The number of alkyl halides is 2. The fourth-order valence-corrected chi connectivity index (χ4v) is 5.86. The third-order valence-electron chi connectivity index (χ3n) is 4.48. The fourth-order valence-electron chi connectivity index (χ4n) is 3.01. The molecule has 6 heteroatoms. The number of halogens is 3. The van der Waals surface area contributed by atoms with Gasteiger partial charge in [0, 0.05) is 17.2 Å². The molecule has 1 fully saturated rings. The maximum Gasteiger partial charge on any atom is 0.150 e. The Bertz CT molecular complexity index is 612. The van der Waals surface area contributed by atoms with Gasteiger partial charge in [-0.2, -0.15) is 0 Å². The van der Waals surface area contributed by atoms with Crippen LogP contribution in [0.5, 0.6) is 0 Å². The minimum absolute atomic E-state index is 0.0399. The van der Waals surface area contributed by atoms with Crippen LogP contribution in [-0.4, -0.2) is 31.7 Å². The van der Waals surface area contributed by atoms with Crippen LogP contribution in [0.3, 0.4) is 0 Å². The van der Waals surface area contributed by atoms with Crippen molar-refractivity contribution in [3.05, 3.63) is 35.1 Å². The summed E-state index contributed by atoms with van der Waals surface area (Å²) in [5.74, 6) is 0.632. The molecule has 21 heavy (non-hydrogen) atoms. The molecular formula is C15H19Cl2FO2S. The van der Waals surface area contributed by atoms with Gasteiger partial charge in [0.1, 0.15) is 5.82 Å². The molecule has 1 atom stereocenters. The van der Waals surface area contributed by atoms with E-state index in [-0.39, 0.29) is 23.2 Å². The third-order valence-corrected chi connectivity index (χ3v) is 7.31. The van der Waals surface area contributed by atoms with E-state index in [2.05, 4.69) is 0 Å². The second-order valence-corrected chi connectivity index (χ2v) is 8.74. The molecule has 0 N–H and O–H groups in total. The lowest BCUT2D eigenvalue weighted by atomic mass is 9.73. The average molecular weight is 353 g/mol. The van der Waals surface area contributed by atoms with Crippen LogP contribution < -0.4 is 0 Å². The van der Waals surface area contributed by atoms with Gasteiger partial charge in [0.25, 0.3) is 0 Å². The Labute approximate surface area is 135 Å². The first-order chi connectivity index (χ1) is 9.82. The van der Waals surface area contributed by atoms with Gasteiger partial charge in [-0.05, 0) is 48.9 Å². The minimum atomic E-state index is -2.99. The van der Waals surface area contributed by atoms with E-state index in [1.807, 2.05) is 6.92 Å². The molecule has 1 unspecified atom stereocenters. The standard InChI is InChI=1S/C15H19Cl2FO2S/c1-11-6-14(18)3-2-12(11)7-15(9-16,10-17)13-4-5-21(19,20)8-13/h2-3,6,13H,4-5,7-10H2,1H3. The van der Waals surface area contributed by atoms with Crippen LogP contribution in [0.1, 0.15) is 17.5 Å². The molecule has 0 radical (unpaired) electrons. The van der Waals surface area contributed by atoms with Gasteiger partial charge in [0.2, 0.25) is 0 Å². The van der Waals surface area contributed by atoms with Crippen molar-refractivity contribution < 1.29 is 12.8 Å². The van der Waals surface area contributed by atoms with Crippen LogP contribution >= 0.6 is 23.2 Å². The van der Waals surface area contributed by atoms with Crippen LogP contribution in [0, 0.1) is 24.1 Å². The zero-order valence-corrected chi connectivity index (χ0v) is 14.2. The van der Waals surface area contributed by atoms with Gasteiger partial charge in [0.05, 0.1) is 11.5 Å². The quantitative estimate of drug-likeness (QED) is 0.759. The van der Waals surface area contributed by atoms with E-state index in [0.29, 0.717) is 24.6 Å². The van der Waals surface area contributed by atoms with E-state index in [9.17, 15) is 12.8 Å². The maximum absolute atomic E-state index is 13.2. The van der Waals surface area contributed by atoms with Gasteiger partial charge in [-0.3, -0.25) is 0 Å². The van der Waals surface area contributed by atoms with Crippen LogP contribution in [0.2, 0.25) is 0 Å². The largest absolute Gasteiger partial charge is 0.229 e. The van der Waals surface area contributed by atoms with Gasteiger partial charge < -0.3 is 0 Å². The molecule has 1 aliphatic heterocycles. The first-order valence-corrected chi connectivity index (χ1v) is 9.78. The summed E-state index contributed by atoms with van der Waals surface area (Å²) < 4.78 is 36.7. The number of rotatable bonds is 5. The van der Waals surface area contributed by atoms with Gasteiger partial charge in [0.15, 0.2) is 9.84 Å². The number of hydrogen-bond acceptors (Lipinski definition) is 2. The smallest absolute Gasteiger partial charge is 0.150 e. The lowest BCUT2D eigenvalue weighted by Crippen LogP contribution is -2.38. The Balaban J connectivity index is 2.30. The van der Waals surface area contributed by atoms with E-state index in [1.165, 1.54) is 12.1 Å². The predicted octanol–water partition coefficient (Wildman–Crippen LogP) is 3.58. The lowest BCUT2D eigenvalue weighted by molar-refractivity contribution is 0.244. The van der Waals surface area contributed by atoms with Crippen molar-refractivity contribution in [3.63, 3.8) is 0 Å². The first kappa shape index (κ1) is 17.0. The number of aryl methyl sites for hydroxylation is 1. The molecule has 0 amide bonds. The second-order valence-electron chi connectivity index (χ2n) is 5.98. The molecule has 1 aromatic carbocycles. The molecular weight excluding hydrogens is 334 g/mol. The van der Waals surface area contributed by atoms with E-state index in [4.69, 9.17) is 23.2 Å². The SMILES string of the molecule is Cc1cc(F)ccc1CC(CCl)(CCl)C1CCS(=O)(=O)C1. The predicted molar refractivity (Wildman–Crippen MR) is 85.5 cm³/mol. The summed E-state index contributed by atoms with van der Waals surface area (Å²) in [5.41, 5.74) is 1.35. The second kappa shape index (κ2) is 6.43. The van der Waals surface area contributed by atoms with Gasteiger partial charge in [-0.1, -0.05) is 6.07 Å². The van der Waals surface area contributed by atoms with Crippen LogP contribution in [-0.2, 0) is 16.3 Å². The minimum Gasteiger partial charge on any atom is -0.229 e. The van der Waals surface area contributed by atoms with E-state index < -0.39 is 15.3 Å². The summed E-state index contributed by atoms with van der Waals surface area (Å²) in [4.78, 5) is 0. The average Bonchev–Trinajstić information content (AvgIpc) is 2.79. The van der Waals surface area contributed by atoms with E-state index in [0.717, 1.165) is 11.1 Å². The van der Waals surface area contributed by atoms with Crippen molar-refractivity contribution in [1.29, 1.82) is 0 Å². The molecule has 118 valence electrons. The number of sulfone groups is 1. The topological polar surface area (TPSA) is 34.1 Å². The molecule has 0 bridgehead atoms. The molecule has 1 aromatic rings. The van der Waals surface area contributed by atoms with Crippen molar-refractivity contribution in [2.75, 3.05) is 23.3 Å². The fraction of sp³-hybridized carbons (Fsp3) is 0.600. The van der Waals surface area contributed by atoms with Crippen molar-refractivity contribution in [2.45, 2.75) is 19.8 Å². The highest BCUT2D eigenvalue weighted by molar-refractivity contribution is 7.91. The lowest BCUT2D eigenvalue weighted by Gasteiger charge is -2.36. The van der Waals surface area contributed by atoms with Crippen molar-refractivity contribution in [1.82, 2.24) is 0 Å². The molecule has 2 nitrogen and oxygen atoms in total. The highest BCUT2D eigenvalue weighted by Crippen LogP contribution is 2.41. The van der Waals surface area contributed by atoms with Gasteiger partial charge in [-0.15, -0.1) is 23.2 Å². The van der Waals surface area contributed by atoms with Crippen LogP contribution in [0.25, 0.3) is 0 Å². The molecule has 1 aliphatic rings. The number of hydrogen-bond donors (Lipinski definition) is 0. The molecule has 1 saturated heterocycles. The van der Waals surface area contributed by atoms with Crippen molar-refractivity contribution >= 4 is 33.0 Å². The van der Waals surface area contributed by atoms with Gasteiger partial charge in [-0.25, -0.2) is 12.8 Å². The van der Waals surface area contributed by atoms with Gasteiger partial charge >= 0.3 is 0 Å². The Hall–Kier alpha value is -0.320. The van der Waals surface area contributed by atoms with Crippen LogP contribution in [0.4, 0.5) is 4.39 Å². The summed E-state index contributed by atoms with van der Waals surface area (Å²) in [6.07, 6.45) is 1.17. The zero-order chi connectivity index (χ0) is 15.7. The van der Waals surface area contributed by atoms with Crippen LogP contribution in [0.15, 0.2) is 18.2 Å². The Morgan fingerprint density at radius 2 is 2.00 bits per heavy atom. The summed E-state index contributed by atoms with van der Waals surface area (Å²) in [7, 11) is -2.99. The molecule has 0 aliphatic carbocycles. The Morgan fingerprint density at radius 1 is 1.33 bits per heavy atom. The summed E-state index contributed by atoms with van der Waals surface area (Å²) in [5, 5.41) is 0. The van der Waals surface area contributed by atoms with E-state index >= 15 is 0 Å². The van der Waals surface area contributed by atoms with Crippen molar-refractivity contribution in [2.24, 2.45) is 11.3 Å². The molecule has 0 saturated carbocycles. The molecule has 1 heterocycles. The maximum atomic E-state index is 13.2.